The number of nitrogens with zero attached hydrogens (tertiary/aromatic N) is 3. The van der Waals surface area contributed by atoms with Crippen molar-refractivity contribution < 1.29 is 4.79 Å². The average Bonchev–Trinajstić information content (AvgIpc) is 2.47. The third-order valence-corrected chi connectivity index (χ3v) is 1.98. The molecule has 0 aromatic carbocycles. The van der Waals surface area contributed by atoms with Crippen molar-refractivity contribution in [1.29, 1.82) is 0 Å². The van der Waals surface area contributed by atoms with Crippen molar-refractivity contribution in [2.24, 2.45) is 0 Å². The van der Waals surface area contributed by atoms with E-state index >= 15 is 0 Å². The van der Waals surface area contributed by atoms with Gasteiger partial charge in [-0.25, -0.2) is 9.97 Å². The van der Waals surface area contributed by atoms with E-state index in [1.807, 2.05) is 11.1 Å². The summed E-state index contributed by atoms with van der Waals surface area (Å²) in [4.78, 5) is 20.3. The van der Waals surface area contributed by atoms with Crippen LogP contribution < -0.4 is 0 Å². The number of aldehydes is 1. The zero-order valence-corrected chi connectivity index (χ0v) is 6.60. The van der Waals surface area contributed by atoms with Gasteiger partial charge < -0.3 is 4.79 Å². The van der Waals surface area contributed by atoms with Gasteiger partial charge in [0.25, 0.3) is 0 Å². The molecule has 12 heavy (non-hydrogen) atoms. The molecule has 2 rings (SSSR count). The van der Waals surface area contributed by atoms with Crippen molar-refractivity contribution in [3.05, 3.63) is 23.8 Å². The Morgan fingerprint density at radius 1 is 1.58 bits per heavy atom. The molecule has 0 amide bonds. The molecule has 62 valence electrons. The van der Waals surface area contributed by atoms with Crippen molar-refractivity contribution in [3.8, 4) is 0 Å². The Balaban J connectivity index is 2.16. The Labute approximate surface area is 70.2 Å². The van der Waals surface area contributed by atoms with Crippen molar-refractivity contribution in [2.45, 2.75) is 13.1 Å². The smallest absolute Gasteiger partial charge is 0.134 e. The monoisotopic (exact) mass is 163 g/mol. The van der Waals surface area contributed by atoms with Crippen molar-refractivity contribution in [1.82, 2.24) is 14.9 Å². The molecule has 0 saturated heterocycles. The van der Waals surface area contributed by atoms with Crippen LogP contribution in [-0.2, 0) is 17.9 Å². The summed E-state index contributed by atoms with van der Waals surface area (Å²) in [6.45, 7) is 2.06. The molecular formula is C8H9N3O. The van der Waals surface area contributed by atoms with Gasteiger partial charge in [0.05, 0.1) is 12.2 Å². The van der Waals surface area contributed by atoms with Gasteiger partial charge in [-0.15, -0.1) is 0 Å². The molecule has 4 nitrogen and oxygen atoms in total. The lowest BCUT2D eigenvalue weighted by Gasteiger charge is -2.07. The van der Waals surface area contributed by atoms with E-state index in [0.29, 0.717) is 6.54 Å². The van der Waals surface area contributed by atoms with Crippen LogP contribution in [0.1, 0.15) is 11.3 Å². The van der Waals surface area contributed by atoms with Crippen LogP contribution in [0, 0.1) is 0 Å². The molecule has 0 spiro atoms. The molecule has 0 atom stereocenters. The first kappa shape index (κ1) is 7.36. The minimum absolute atomic E-state index is 0.482. The largest absolute Gasteiger partial charge is 0.302 e. The van der Waals surface area contributed by atoms with E-state index in [-0.39, 0.29) is 0 Å². The SMILES string of the molecule is O=CCN1Cc2cncnc2C1. The van der Waals surface area contributed by atoms with E-state index in [1.54, 1.807) is 6.33 Å². The van der Waals surface area contributed by atoms with Crippen LogP contribution in [0.5, 0.6) is 0 Å². The van der Waals surface area contributed by atoms with Gasteiger partial charge in [-0.05, 0) is 0 Å². The predicted molar refractivity (Wildman–Crippen MR) is 42.2 cm³/mol. The maximum Gasteiger partial charge on any atom is 0.134 e. The molecule has 0 saturated carbocycles. The second-order valence-corrected chi connectivity index (χ2v) is 2.83. The first-order valence-corrected chi connectivity index (χ1v) is 3.84. The van der Waals surface area contributed by atoms with E-state index in [2.05, 4.69) is 9.97 Å². The van der Waals surface area contributed by atoms with Gasteiger partial charge in [0.15, 0.2) is 0 Å². The van der Waals surface area contributed by atoms with E-state index in [0.717, 1.165) is 30.6 Å². The van der Waals surface area contributed by atoms with E-state index in [4.69, 9.17) is 0 Å². The van der Waals surface area contributed by atoms with Gasteiger partial charge in [0.1, 0.15) is 12.6 Å². The fraction of sp³-hybridized carbons (Fsp3) is 0.375. The standard InChI is InChI=1S/C8H9N3O/c12-2-1-11-4-7-3-9-6-10-8(7)5-11/h2-3,6H,1,4-5H2. The molecule has 1 aliphatic heterocycles. The van der Waals surface area contributed by atoms with Gasteiger partial charge in [-0.1, -0.05) is 0 Å². The third-order valence-electron chi connectivity index (χ3n) is 1.98. The maximum absolute atomic E-state index is 10.2. The second kappa shape index (κ2) is 2.98. The number of hydrogen-bond acceptors (Lipinski definition) is 4. The number of hydrogen-bond donors (Lipinski definition) is 0. The highest BCUT2D eigenvalue weighted by atomic mass is 16.1. The molecule has 0 bridgehead atoms. The molecule has 1 aliphatic rings. The van der Waals surface area contributed by atoms with Crippen LogP contribution >= 0.6 is 0 Å². The maximum atomic E-state index is 10.2. The fourth-order valence-corrected chi connectivity index (χ4v) is 1.40. The lowest BCUT2D eigenvalue weighted by Crippen LogP contribution is -2.18. The second-order valence-electron chi connectivity index (χ2n) is 2.83. The Hall–Kier alpha value is -1.29. The first-order chi connectivity index (χ1) is 5.90. The first-order valence-electron chi connectivity index (χ1n) is 3.84. The average molecular weight is 163 g/mol. The summed E-state index contributed by atoms with van der Waals surface area (Å²) in [7, 11) is 0. The van der Waals surface area contributed by atoms with E-state index < -0.39 is 0 Å². The van der Waals surface area contributed by atoms with Gasteiger partial charge >= 0.3 is 0 Å². The number of carbonyl (C=O) groups is 1. The number of rotatable bonds is 2. The normalized spacial score (nSPS) is 16.0. The number of fused-ring (bicyclic) bond motifs is 1. The summed E-state index contributed by atoms with van der Waals surface area (Å²) in [6, 6.07) is 0. The highest BCUT2D eigenvalue weighted by Gasteiger charge is 2.18. The molecule has 2 heterocycles. The van der Waals surface area contributed by atoms with Gasteiger partial charge in [0, 0.05) is 24.8 Å². The minimum atomic E-state index is 0.482. The molecule has 0 radical (unpaired) electrons. The molecule has 4 heteroatoms. The summed E-state index contributed by atoms with van der Waals surface area (Å²) < 4.78 is 0. The molecule has 0 aliphatic carbocycles. The van der Waals surface area contributed by atoms with Crippen molar-refractivity contribution in [2.75, 3.05) is 6.54 Å². The topological polar surface area (TPSA) is 46.1 Å². The predicted octanol–water partition coefficient (Wildman–Crippen LogP) is -0.00890. The zero-order valence-electron chi connectivity index (χ0n) is 6.60. The molecule has 0 unspecified atom stereocenters. The lowest BCUT2D eigenvalue weighted by atomic mass is 10.3. The summed E-state index contributed by atoms with van der Waals surface area (Å²) in [6.07, 6.45) is 4.27. The molecule has 1 aromatic rings. The van der Waals surface area contributed by atoms with Crippen LogP contribution in [-0.4, -0.2) is 27.7 Å². The van der Waals surface area contributed by atoms with E-state index in [9.17, 15) is 4.79 Å². The lowest BCUT2D eigenvalue weighted by molar-refractivity contribution is -0.108. The molecule has 0 N–H and O–H groups in total. The van der Waals surface area contributed by atoms with Crippen LogP contribution in [0.4, 0.5) is 0 Å². The van der Waals surface area contributed by atoms with Gasteiger partial charge in [0.2, 0.25) is 0 Å². The van der Waals surface area contributed by atoms with Crippen LogP contribution in [0.15, 0.2) is 12.5 Å². The summed E-state index contributed by atoms with van der Waals surface area (Å²) in [5, 5.41) is 0. The Morgan fingerprint density at radius 3 is 3.25 bits per heavy atom. The Kier molecular flexibility index (Phi) is 1.83. The highest BCUT2D eigenvalue weighted by molar-refractivity contribution is 5.52. The summed E-state index contributed by atoms with van der Waals surface area (Å²) in [5.41, 5.74) is 2.19. The zero-order chi connectivity index (χ0) is 8.39. The van der Waals surface area contributed by atoms with E-state index in [1.165, 1.54) is 0 Å². The van der Waals surface area contributed by atoms with Crippen LogP contribution in [0.25, 0.3) is 0 Å². The minimum Gasteiger partial charge on any atom is -0.302 e. The highest BCUT2D eigenvalue weighted by Crippen LogP contribution is 2.17. The number of carbonyl (C=O) groups excluding carboxylic acids is 1. The Morgan fingerprint density at radius 2 is 2.50 bits per heavy atom. The molecule has 0 fully saturated rings. The molecule has 1 aromatic heterocycles. The van der Waals surface area contributed by atoms with Gasteiger partial charge in [-0.3, -0.25) is 4.90 Å². The summed E-state index contributed by atoms with van der Waals surface area (Å²) in [5.74, 6) is 0. The van der Waals surface area contributed by atoms with Crippen molar-refractivity contribution >= 4 is 6.29 Å². The molecular weight excluding hydrogens is 154 g/mol. The van der Waals surface area contributed by atoms with Gasteiger partial charge in [-0.2, -0.15) is 0 Å². The third kappa shape index (κ3) is 1.21. The van der Waals surface area contributed by atoms with Crippen LogP contribution in [0.2, 0.25) is 0 Å². The number of aromatic nitrogens is 2. The quantitative estimate of drug-likeness (QED) is 0.575. The van der Waals surface area contributed by atoms with Crippen molar-refractivity contribution in [3.63, 3.8) is 0 Å². The fourth-order valence-electron chi connectivity index (χ4n) is 1.40. The summed E-state index contributed by atoms with van der Waals surface area (Å²) >= 11 is 0. The Bertz CT molecular complexity index is 275. The van der Waals surface area contributed by atoms with Crippen LogP contribution in [0.3, 0.4) is 0 Å².